The van der Waals surface area contributed by atoms with Crippen molar-refractivity contribution in [2.75, 3.05) is 6.54 Å². The van der Waals surface area contributed by atoms with Gasteiger partial charge in [-0.3, -0.25) is 4.79 Å². The van der Waals surface area contributed by atoms with Crippen molar-refractivity contribution >= 4 is 21.8 Å². The van der Waals surface area contributed by atoms with Crippen LogP contribution in [0.1, 0.15) is 57.1 Å². The molecule has 0 bridgehead atoms. The van der Waals surface area contributed by atoms with E-state index in [-0.39, 0.29) is 11.3 Å². The first-order valence-corrected chi connectivity index (χ1v) is 7.76. The molecule has 1 aliphatic carbocycles. The Bertz CT molecular complexity index is 472. The summed E-state index contributed by atoms with van der Waals surface area (Å²) < 4.78 is 3.08. The van der Waals surface area contributed by atoms with Crippen LogP contribution in [0.4, 0.5) is 0 Å². The van der Waals surface area contributed by atoms with Gasteiger partial charge in [-0.15, -0.1) is 0 Å². The fourth-order valence-electron chi connectivity index (χ4n) is 1.89. The average Bonchev–Trinajstić information content (AvgIpc) is 3.09. The van der Waals surface area contributed by atoms with Gasteiger partial charge in [-0.05, 0) is 46.2 Å². The largest absolute Gasteiger partial charge is 0.350 e. The molecule has 4 heteroatoms. The van der Waals surface area contributed by atoms with Gasteiger partial charge in [0.05, 0.1) is 0 Å². The summed E-state index contributed by atoms with van der Waals surface area (Å²) in [6.07, 6.45) is 4.37. The zero-order chi connectivity index (χ0) is 14.2. The van der Waals surface area contributed by atoms with E-state index in [0.29, 0.717) is 18.5 Å². The Balaban J connectivity index is 2.04. The lowest BCUT2D eigenvalue weighted by atomic mass is 9.81. The third-order valence-corrected chi connectivity index (χ3v) is 4.69. The van der Waals surface area contributed by atoms with Gasteiger partial charge in [-0.25, -0.2) is 0 Å². The quantitative estimate of drug-likeness (QED) is 0.871. The Morgan fingerprint density at radius 2 is 2.16 bits per heavy atom. The maximum absolute atomic E-state index is 12.3. The maximum atomic E-state index is 12.3. The van der Waals surface area contributed by atoms with Gasteiger partial charge in [0.1, 0.15) is 5.69 Å². The Morgan fingerprint density at radius 1 is 1.53 bits per heavy atom. The molecule has 1 aromatic rings. The normalized spacial score (nSPS) is 15.9. The molecule has 106 valence electrons. The molecule has 19 heavy (non-hydrogen) atoms. The van der Waals surface area contributed by atoms with Crippen LogP contribution >= 0.6 is 15.9 Å². The second-order valence-electron chi connectivity index (χ2n) is 6.51. The van der Waals surface area contributed by atoms with Crippen LogP contribution in [0.3, 0.4) is 0 Å². The van der Waals surface area contributed by atoms with E-state index in [0.717, 1.165) is 10.2 Å². The highest BCUT2D eigenvalue weighted by atomic mass is 79.9. The number of hydrogen-bond donors (Lipinski definition) is 1. The highest BCUT2D eigenvalue weighted by molar-refractivity contribution is 9.10. The van der Waals surface area contributed by atoms with E-state index in [2.05, 4.69) is 53.5 Å². The summed E-state index contributed by atoms with van der Waals surface area (Å²) in [5.41, 5.74) is 0.887. The molecule has 0 aliphatic heterocycles. The summed E-state index contributed by atoms with van der Waals surface area (Å²) in [5, 5.41) is 3.08. The van der Waals surface area contributed by atoms with E-state index in [4.69, 9.17) is 0 Å². The SMILES string of the molecule is CC(C)C(C)(C)CNC(=O)c1cc(Br)cn1C1CC1. The van der Waals surface area contributed by atoms with Crippen LogP contribution in [-0.2, 0) is 0 Å². The number of amides is 1. The van der Waals surface area contributed by atoms with Gasteiger partial charge < -0.3 is 9.88 Å². The molecule has 0 spiro atoms. The predicted molar refractivity (Wildman–Crippen MR) is 81.4 cm³/mol. The van der Waals surface area contributed by atoms with E-state index in [1.165, 1.54) is 12.8 Å². The van der Waals surface area contributed by atoms with E-state index in [9.17, 15) is 4.79 Å². The molecule has 1 heterocycles. The molecular formula is C15H23BrN2O. The number of carbonyl (C=O) groups is 1. The van der Waals surface area contributed by atoms with Crippen molar-refractivity contribution in [2.24, 2.45) is 11.3 Å². The molecular weight excluding hydrogens is 304 g/mol. The summed E-state index contributed by atoms with van der Waals surface area (Å²) in [6, 6.07) is 2.43. The Morgan fingerprint density at radius 3 is 2.68 bits per heavy atom. The number of aromatic nitrogens is 1. The predicted octanol–water partition coefficient (Wildman–Crippen LogP) is 4.00. The van der Waals surface area contributed by atoms with Crippen LogP contribution in [0, 0.1) is 11.3 Å². The van der Waals surface area contributed by atoms with Gasteiger partial charge in [-0.1, -0.05) is 27.7 Å². The number of nitrogens with zero attached hydrogens (tertiary/aromatic N) is 1. The fraction of sp³-hybridized carbons (Fsp3) is 0.667. The average molecular weight is 327 g/mol. The van der Waals surface area contributed by atoms with Crippen LogP contribution in [0.15, 0.2) is 16.7 Å². The lowest BCUT2D eigenvalue weighted by Crippen LogP contribution is -2.37. The third kappa shape index (κ3) is 3.41. The first-order valence-electron chi connectivity index (χ1n) is 6.97. The van der Waals surface area contributed by atoms with Crippen molar-refractivity contribution in [3.8, 4) is 0 Å². The number of carbonyl (C=O) groups excluding carboxylic acids is 1. The molecule has 2 rings (SSSR count). The molecule has 1 saturated carbocycles. The molecule has 0 aromatic carbocycles. The Hall–Kier alpha value is -0.770. The van der Waals surface area contributed by atoms with Gasteiger partial charge in [0.2, 0.25) is 0 Å². The topological polar surface area (TPSA) is 34.0 Å². The van der Waals surface area contributed by atoms with E-state index >= 15 is 0 Å². The number of nitrogens with one attached hydrogen (secondary N) is 1. The van der Waals surface area contributed by atoms with E-state index < -0.39 is 0 Å². The lowest BCUT2D eigenvalue weighted by molar-refractivity contribution is 0.0915. The van der Waals surface area contributed by atoms with Gasteiger partial charge in [-0.2, -0.15) is 0 Å². The number of rotatable bonds is 5. The zero-order valence-corrected chi connectivity index (χ0v) is 13.8. The first-order chi connectivity index (χ1) is 8.81. The Labute approximate surface area is 123 Å². The van der Waals surface area contributed by atoms with Gasteiger partial charge >= 0.3 is 0 Å². The standard InChI is InChI=1S/C15H23BrN2O/c1-10(2)15(3,4)9-17-14(19)13-7-11(16)8-18(13)12-5-6-12/h7-8,10,12H,5-6,9H2,1-4H3,(H,17,19). The molecule has 0 saturated heterocycles. The van der Waals surface area contributed by atoms with Crippen LogP contribution in [0.5, 0.6) is 0 Å². The zero-order valence-electron chi connectivity index (χ0n) is 12.2. The fourth-order valence-corrected chi connectivity index (χ4v) is 2.32. The Kier molecular flexibility index (Phi) is 4.09. The molecule has 0 atom stereocenters. The minimum atomic E-state index is 0.0336. The summed E-state index contributed by atoms with van der Waals surface area (Å²) in [6.45, 7) is 9.46. The molecule has 3 nitrogen and oxygen atoms in total. The number of hydrogen-bond acceptors (Lipinski definition) is 1. The third-order valence-electron chi connectivity index (χ3n) is 4.26. The van der Waals surface area contributed by atoms with Crippen LogP contribution in [-0.4, -0.2) is 17.0 Å². The van der Waals surface area contributed by atoms with Crippen molar-refractivity contribution in [1.29, 1.82) is 0 Å². The maximum Gasteiger partial charge on any atom is 0.267 e. The van der Waals surface area contributed by atoms with Crippen LogP contribution < -0.4 is 5.32 Å². The minimum Gasteiger partial charge on any atom is -0.350 e. The molecule has 0 unspecified atom stereocenters. The molecule has 1 N–H and O–H groups in total. The summed E-state index contributed by atoms with van der Waals surface area (Å²) >= 11 is 3.46. The minimum absolute atomic E-state index is 0.0336. The highest BCUT2D eigenvalue weighted by Gasteiger charge is 2.29. The van der Waals surface area contributed by atoms with Crippen molar-refractivity contribution < 1.29 is 4.79 Å². The van der Waals surface area contributed by atoms with Crippen molar-refractivity contribution in [2.45, 2.75) is 46.6 Å². The molecule has 1 fully saturated rings. The highest BCUT2D eigenvalue weighted by Crippen LogP contribution is 2.37. The van der Waals surface area contributed by atoms with E-state index in [1.807, 2.05) is 12.3 Å². The molecule has 1 amide bonds. The van der Waals surface area contributed by atoms with Crippen LogP contribution in [0.2, 0.25) is 0 Å². The summed E-state index contributed by atoms with van der Waals surface area (Å²) in [4.78, 5) is 12.3. The van der Waals surface area contributed by atoms with Crippen molar-refractivity contribution in [1.82, 2.24) is 9.88 Å². The summed E-state index contributed by atoms with van der Waals surface area (Å²) in [7, 11) is 0. The lowest BCUT2D eigenvalue weighted by Gasteiger charge is -2.29. The smallest absolute Gasteiger partial charge is 0.267 e. The summed E-state index contributed by atoms with van der Waals surface area (Å²) in [5.74, 6) is 0.570. The monoisotopic (exact) mass is 326 g/mol. The molecule has 0 radical (unpaired) electrons. The second kappa shape index (κ2) is 5.31. The van der Waals surface area contributed by atoms with Crippen molar-refractivity contribution in [3.63, 3.8) is 0 Å². The number of halogens is 1. The van der Waals surface area contributed by atoms with E-state index in [1.54, 1.807) is 0 Å². The van der Waals surface area contributed by atoms with Crippen molar-refractivity contribution in [3.05, 3.63) is 22.4 Å². The van der Waals surface area contributed by atoms with Gasteiger partial charge in [0, 0.05) is 23.3 Å². The molecule has 1 aromatic heterocycles. The first kappa shape index (κ1) is 14.6. The van der Waals surface area contributed by atoms with Gasteiger partial charge in [0.25, 0.3) is 5.91 Å². The molecule has 1 aliphatic rings. The van der Waals surface area contributed by atoms with Crippen LogP contribution in [0.25, 0.3) is 0 Å². The second-order valence-corrected chi connectivity index (χ2v) is 7.42. The van der Waals surface area contributed by atoms with Gasteiger partial charge in [0.15, 0.2) is 0 Å².